The summed E-state index contributed by atoms with van der Waals surface area (Å²) < 4.78 is 13.1. The highest BCUT2D eigenvalue weighted by molar-refractivity contribution is 6.29. The van der Waals surface area contributed by atoms with E-state index in [1.807, 2.05) is 0 Å². The Balaban J connectivity index is 2.18. The summed E-state index contributed by atoms with van der Waals surface area (Å²) >= 11 is 5.65. The first-order valence-corrected chi connectivity index (χ1v) is 5.35. The van der Waals surface area contributed by atoms with Gasteiger partial charge < -0.3 is 10.4 Å². The standard InChI is InChI=1S/C12H8ClFN2O2/c13-11-5-7(3-4-15-11)12(18)16-8-1-2-10(17)9(14)6-8/h1-6,17H,(H,16,18). The molecule has 1 aromatic heterocycles. The number of phenolic OH excluding ortho intramolecular Hbond substituents is 1. The number of carbonyl (C=O) groups is 1. The molecule has 0 aliphatic carbocycles. The summed E-state index contributed by atoms with van der Waals surface area (Å²) in [4.78, 5) is 15.5. The molecule has 18 heavy (non-hydrogen) atoms. The Morgan fingerprint density at radius 2 is 2.11 bits per heavy atom. The Morgan fingerprint density at radius 1 is 1.33 bits per heavy atom. The van der Waals surface area contributed by atoms with Crippen LogP contribution in [0.5, 0.6) is 5.75 Å². The second kappa shape index (κ2) is 5.01. The molecule has 6 heteroatoms. The van der Waals surface area contributed by atoms with Crippen molar-refractivity contribution in [3.05, 3.63) is 53.1 Å². The number of anilines is 1. The first-order chi connectivity index (χ1) is 8.56. The van der Waals surface area contributed by atoms with Crippen LogP contribution in [0, 0.1) is 5.82 Å². The largest absolute Gasteiger partial charge is 0.505 e. The number of benzene rings is 1. The van der Waals surface area contributed by atoms with Crippen molar-refractivity contribution in [2.75, 3.05) is 5.32 Å². The molecule has 0 fully saturated rings. The van der Waals surface area contributed by atoms with Crippen LogP contribution in [-0.2, 0) is 0 Å². The van der Waals surface area contributed by atoms with Crippen LogP contribution in [0.4, 0.5) is 10.1 Å². The lowest BCUT2D eigenvalue weighted by Gasteiger charge is -2.06. The van der Waals surface area contributed by atoms with Crippen LogP contribution in [0.2, 0.25) is 5.15 Å². The quantitative estimate of drug-likeness (QED) is 0.649. The minimum absolute atomic E-state index is 0.194. The Morgan fingerprint density at radius 3 is 2.78 bits per heavy atom. The first kappa shape index (κ1) is 12.3. The van der Waals surface area contributed by atoms with E-state index in [0.717, 1.165) is 12.1 Å². The zero-order chi connectivity index (χ0) is 13.1. The van der Waals surface area contributed by atoms with Gasteiger partial charge in [0.25, 0.3) is 5.91 Å². The monoisotopic (exact) mass is 266 g/mol. The number of nitrogens with one attached hydrogen (secondary N) is 1. The van der Waals surface area contributed by atoms with E-state index in [-0.39, 0.29) is 10.8 Å². The zero-order valence-corrected chi connectivity index (χ0v) is 9.78. The third kappa shape index (κ3) is 2.75. The lowest BCUT2D eigenvalue weighted by Crippen LogP contribution is -2.12. The number of carbonyl (C=O) groups excluding carboxylic acids is 1. The predicted octanol–water partition coefficient (Wildman–Crippen LogP) is 2.83. The van der Waals surface area contributed by atoms with E-state index >= 15 is 0 Å². The van der Waals surface area contributed by atoms with Crippen LogP contribution < -0.4 is 5.32 Å². The van der Waals surface area contributed by atoms with Gasteiger partial charge in [-0.1, -0.05) is 11.6 Å². The maximum atomic E-state index is 13.1. The van der Waals surface area contributed by atoms with Crippen molar-refractivity contribution < 1.29 is 14.3 Å². The summed E-state index contributed by atoms with van der Waals surface area (Å²) in [5.74, 6) is -1.72. The van der Waals surface area contributed by atoms with E-state index in [2.05, 4.69) is 10.3 Å². The van der Waals surface area contributed by atoms with Crippen LogP contribution >= 0.6 is 11.6 Å². The number of pyridine rings is 1. The molecule has 2 N–H and O–H groups in total. The molecule has 4 nitrogen and oxygen atoms in total. The SMILES string of the molecule is O=C(Nc1ccc(O)c(F)c1)c1ccnc(Cl)c1. The fourth-order valence-electron chi connectivity index (χ4n) is 1.33. The highest BCUT2D eigenvalue weighted by atomic mass is 35.5. The second-order valence-electron chi connectivity index (χ2n) is 3.49. The maximum Gasteiger partial charge on any atom is 0.255 e. The third-order valence-electron chi connectivity index (χ3n) is 2.19. The molecule has 2 rings (SSSR count). The molecule has 0 atom stereocenters. The van der Waals surface area contributed by atoms with Gasteiger partial charge in [0.1, 0.15) is 5.15 Å². The number of phenols is 1. The predicted molar refractivity (Wildman–Crippen MR) is 65.3 cm³/mol. The van der Waals surface area contributed by atoms with E-state index in [0.29, 0.717) is 5.56 Å². The highest BCUT2D eigenvalue weighted by Gasteiger charge is 2.08. The Hall–Kier alpha value is -2.14. The topological polar surface area (TPSA) is 62.2 Å². The van der Waals surface area contributed by atoms with Crippen molar-refractivity contribution in [2.24, 2.45) is 0 Å². The van der Waals surface area contributed by atoms with E-state index in [1.165, 1.54) is 24.4 Å². The number of aromatic hydroxyl groups is 1. The Kier molecular flexibility index (Phi) is 3.43. The maximum absolute atomic E-state index is 13.1. The van der Waals surface area contributed by atoms with E-state index in [4.69, 9.17) is 16.7 Å². The fraction of sp³-hybridized carbons (Fsp3) is 0. The molecule has 0 radical (unpaired) electrons. The average Bonchev–Trinajstić information content (AvgIpc) is 2.34. The van der Waals surface area contributed by atoms with Gasteiger partial charge in [0.2, 0.25) is 0 Å². The minimum Gasteiger partial charge on any atom is -0.505 e. The molecule has 2 aromatic rings. The van der Waals surface area contributed by atoms with Crippen LogP contribution in [0.1, 0.15) is 10.4 Å². The summed E-state index contributed by atoms with van der Waals surface area (Å²) in [6.45, 7) is 0. The van der Waals surface area contributed by atoms with Gasteiger partial charge in [-0.3, -0.25) is 4.79 Å². The molecule has 92 valence electrons. The molecular weight excluding hydrogens is 259 g/mol. The first-order valence-electron chi connectivity index (χ1n) is 4.97. The summed E-state index contributed by atoms with van der Waals surface area (Å²) in [7, 11) is 0. The molecular formula is C12H8ClFN2O2. The van der Waals surface area contributed by atoms with Crippen molar-refractivity contribution in [3.8, 4) is 5.75 Å². The normalized spacial score (nSPS) is 10.1. The van der Waals surface area contributed by atoms with Crippen molar-refractivity contribution in [3.63, 3.8) is 0 Å². The van der Waals surface area contributed by atoms with Crippen molar-refractivity contribution in [1.29, 1.82) is 0 Å². The van der Waals surface area contributed by atoms with Crippen LogP contribution in [0.25, 0.3) is 0 Å². The van der Waals surface area contributed by atoms with Crippen molar-refractivity contribution in [1.82, 2.24) is 4.98 Å². The molecule has 0 spiro atoms. The van der Waals surface area contributed by atoms with Gasteiger partial charge in [-0.2, -0.15) is 0 Å². The summed E-state index contributed by atoms with van der Waals surface area (Å²) in [6.07, 6.45) is 1.40. The van der Waals surface area contributed by atoms with Gasteiger partial charge in [-0.05, 0) is 24.3 Å². The molecule has 1 aromatic carbocycles. The number of amides is 1. The molecule has 0 aliphatic heterocycles. The number of hydrogen-bond acceptors (Lipinski definition) is 3. The molecule has 0 saturated heterocycles. The highest BCUT2D eigenvalue weighted by Crippen LogP contribution is 2.20. The lowest BCUT2D eigenvalue weighted by atomic mass is 10.2. The minimum atomic E-state index is -0.805. The van der Waals surface area contributed by atoms with Crippen molar-refractivity contribution in [2.45, 2.75) is 0 Å². The number of halogens is 2. The van der Waals surface area contributed by atoms with Gasteiger partial charge in [0.05, 0.1) is 0 Å². The summed E-state index contributed by atoms with van der Waals surface area (Å²) in [5.41, 5.74) is 0.548. The number of hydrogen-bond donors (Lipinski definition) is 2. The lowest BCUT2D eigenvalue weighted by molar-refractivity contribution is 0.102. The average molecular weight is 267 g/mol. The molecule has 0 aliphatic rings. The van der Waals surface area contributed by atoms with Gasteiger partial charge in [0.15, 0.2) is 11.6 Å². The van der Waals surface area contributed by atoms with E-state index in [1.54, 1.807) is 0 Å². The zero-order valence-electron chi connectivity index (χ0n) is 9.02. The second-order valence-corrected chi connectivity index (χ2v) is 3.87. The van der Waals surface area contributed by atoms with E-state index < -0.39 is 17.5 Å². The Bertz CT molecular complexity index is 604. The smallest absolute Gasteiger partial charge is 0.255 e. The molecule has 0 bridgehead atoms. The van der Waals surface area contributed by atoms with Gasteiger partial charge >= 0.3 is 0 Å². The fourth-order valence-corrected chi connectivity index (χ4v) is 1.51. The van der Waals surface area contributed by atoms with Crippen LogP contribution in [0.15, 0.2) is 36.5 Å². The number of rotatable bonds is 2. The van der Waals surface area contributed by atoms with Crippen molar-refractivity contribution >= 4 is 23.2 Å². The van der Waals surface area contributed by atoms with Gasteiger partial charge in [0, 0.05) is 23.5 Å². The van der Waals surface area contributed by atoms with Crippen LogP contribution in [-0.4, -0.2) is 16.0 Å². The number of aromatic nitrogens is 1. The third-order valence-corrected chi connectivity index (χ3v) is 2.40. The molecule has 1 amide bonds. The van der Waals surface area contributed by atoms with Gasteiger partial charge in [-0.15, -0.1) is 0 Å². The van der Waals surface area contributed by atoms with E-state index in [9.17, 15) is 9.18 Å². The van der Waals surface area contributed by atoms with Gasteiger partial charge in [-0.25, -0.2) is 9.37 Å². The summed E-state index contributed by atoms with van der Waals surface area (Å²) in [6, 6.07) is 6.45. The van der Waals surface area contributed by atoms with Crippen LogP contribution in [0.3, 0.4) is 0 Å². The molecule has 0 saturated carbocycles. The summed E-state index contributed by atoms with van der Waals surface area (Å²) in [5, 5.41) is 11.7. The Labute approximate surface area is 107 Å². The molecule has 0 unspecified atom stereocenters. The number of nitrogens with zero attached hydrogens (tertiary/aromatic N) is 1. The molecule has 1 heterocycles.